The van der Waals surface area contributed by atoms with E-state index >= 15 is 0 Å². The summed E-state index contributed by atoms with van der Waals surface area (Å²) in [5, 5.41) is 4.03. The van der Waals surface area contributed by atoms with Crippen LogP contribution in [0.2, 0.25) is 0 Å². The SMILES string of the molecule is COc1ccc(-c2noc(CN(C)C(=O)c3cccc(CN4CCOCC4)c3)n2)cc1. The molecule has 0 aliphatic carbocycles. The summed E-state index contributed by atoms with van der Waals surface area (Å²) in [4.78, 5) is 21.3. The molecule has 1 aliphatic rings. The van der Waals surface area contributed by atoms with Gasteiger partial charge in [0.05, 0.1) is 26.9 Å². The zero-order valence-electron chi connectivity index (χ0n) is 17.8. The Morgan fingerprint density at radius 1 is 1.16 bits per heavy atom. The highest BCUT2D eigenvalue weighted by Crippen LogP contribution is 2.20. The van der Waals surface area contributed by atoms with Crippen LogP contribution in [0.5, 0.6) is 5.75 Å². The largest absolute Gasteiger partial charge is 0.497 e. The maximum atomic E-state index is 12.9. The first-order valence-electron chi connectivity index (χ1n) is 10.2. The van der Waals surface area contributed by atoms with Crippen LogP contribution in [0.25, 0.3) is 11.4 Å². The van der Waals surface area contributed by atoms with E-state index in [1.165, 1.54) is 0 Å². The molecule has 8 nitrogen and oxygen atoms in total. The highest BCUT2D eigenvalue weighted by atomic mass is 16.5. The number of hydrogen-bond acceptors (Lipinski definition) is 7. The van der Waals surface area contributed by atoms with Gasteiger partial charge in [-0.2, -0.15) is 4.98 Å². The van der Waals surface area contributed by atoms with Gasteiger partial charge >= 0.3 is 0 Å². The third-order valence-electron chi connectivity index (χ3n) is 5.22. The lowest BCUT2D eigenvalue weighted by Crippen LogP contribution is -2.35. The predicted molar refractivity (Wildman–Crippen MR) is 115 cm³/mol. The van der Waals surface area contributed by atoms with Crippen LogP contribution in [0.4, 0.5) is 0 Å². The molecule has 0 bridgehead atoms. The van der Waals surface area contributed by atoms with Gasteiger partial charge in [-0.15, -0.1) is 0 Å². The van der Waals surface area contributed by atoms with Crippen LogP contribution >= 0.6 is 0 Å². The molecule has 0 spiro atoms. The van der Waals surface area contributed by atoms with Crippen LogP contribution in [0.1, 0.15) is 21.8 Å². The molecule has 0 unspecified atom stereocenters. The molecule has 1 amide bonds. The van der Waals surface area contributed by atoms with E-state index in [2.05, 4.69) is 15.0 Å². The van der Waals surface area contributed by atoms with Gasteiger partial charge in [0.2, 0.25) is 11.7 Å². The van der Waals surface area contributed by atoms with E-state index in [0.717, 1.165) is 49.7 Å². The Morgan fingerprint density at radius 2 is 1.94 bits per heavy atom. The molecule has 0 atom stereocenters. The third-order valence-corrected chi connectivity index (χ3v) is 5.22. The Labute approximate surface area is 181 Å². The van der Waals surface area contributed by atoms with Gasteiger partial charge in [0.15, 0.2) is 0 Å². The van der Waals surface area contributed by atoms with Crippen molar-refractivity contribution in [2.75, 3.05) is 40.5 Å². The van der Waals surface area contributed by atoms with Crippen molar-refractivity contribution in [2.45, 2.75) is 13.1 Å². The minimum absolute atomic E-state index is 0.0898. The van der Waals surface area contributed by atoms with E-state index in [1.54, 1.807) is 19.1 Å². The van der Waals surface area contributed by atoms with E-state index in [1.807, 2.05) is 48.5 Å². The first-order valence-corrected chi connectivity index (χ1v) is 10.2. The van der Waals surface area contributed by atoms with Gasteiger partial charge in [0.25, 0.3) is 5.91 Å². The van der Waals surface area contributed by atoms with Gasteiger partial charge in [-0.05, 0) is 42.0 Å². The Bertz CT molecular complexity index is 1010. The standard InChI is InChI=1S/C23H26N4O4/c1-26(16-21-24-22(25-31-21)18-6-8-20(29-2)9-7-18)23(28)19-5-3-4-17(14-19)15-27-10-12-30-13-11-27/h3-9,14H,10-13,15-16H2,1-2H3. The molecule has 162 valence electrons. The van der Waals surface area contributed by atoms with Crippen molar-refractivity contribution in [3.63, 3.8) is 0 Å². The van der Waals surface area contributed by atoms with Crippen molar-refractivity contribution in [2.24, 2.45) is 0 Å². The van der Waals surface area contributed by atoms with Crippen LogP contribution < -0.4 is 4.74 Å². The van der Waals surface area contributed by atoms with Gasteiger partial charge in [-0.25, -0.2) is 0 Å². The summed E-state index contributed by atoms with van der Waals surface area (Å²) in [5.41, 5.74) is 2.57. The normalized spacial score (nSPS) is 14.4. The quantitative estimate of drug-likeness (QED) is 0.579. The van der Waals surface area contributed by atoms with Crippen molar-refractivity contribution >= 4 is 5.91 Å². The fraction of sp³-hybridized carbons (Fsp3) is 0.348. The van der Waals surface area contributed by atoms with Crippen molar-refractivity contribution in [1.29, 1.82) is 0 Å². The van der Waals surface area contributed by atoms with E-state index in [9.17, 15) is 4.79 Å². The highest BCUT2D eigenvalue weighted by molar-refractivity contribution is 5.94. The van der Waals surface area contributed by atoms with Gasteiger partial charge in [-0.1, -0.05) is 17.3 Å². The van der Waals surface area contributed by atoms with Gasteiger partial charge < -0.3 is 18.9 Å². The van der Waals surface area contributed by atoms with Gasteiger partial charge in [-0.3, -0.25) is 9.69 Å². The van der Waals surface area contributed by atoms with Crippen LogP contribution in [0, 0.1) is 0 Å². The minimum Gasteiger partial charge on any atom is -0.497 e. The molecule has 3 aromatic rings. The Kier molecular flexibility index (Phi) is 6.59. The lowest BCUT2D eigenvalue weighted by Gasteiger charge is -2.26. The number of morpholine rings is 1. The second kappa shape index (κ2) is 9.72. The average Bonchev–Trinajstić information content (AvgIpc) is 3.28. The van der Waals surface area contributed by atoms with Gasteiger partial charge in [0, 0.05) is 37.8 Å². The smallest absolute Gasteiger partial charge is 0.254 e. The summed E-state index contributed by atoms with van der Waals surface area (Å²) in [5.74, 6) is 1.53. The molecule has 0 saturated carbocycles. The van der Waals surface area contributed by atoms with Crippen molar-refractivity contribution in [1.82, 2.24) is 19.9 Å². The van der Waals surface area contributed by atoms with Crippen LogP contribution in [0.3, 0.4) is 0 Å². The fourth-order valence-corrected chi connectivity index (χ4v) is 3.49. The number of hydrogen-bond donors (Lipinski definition) is 0. The van der Waals surface area contributed by atoms with E-state index in [-0.39, 0.29) is 12.5 Å². The fourth-order valence-electron chi connectivity index (χ4n) is 3.49. The number of rotatable bonds is 7. The monoisotopic (exact) mass is 422 g/mol. The predicted octanol–water partition coefficient (Wildman–Crippen LogP) is 2.85. The molecule has 1 aliphatic heterocycles. The molecular weight excluding hydrogens is 396 g/mol. The summed E-state index contributed by atoms with van der Waals surface area (Å²) in [6.45, 7) is 4.37. The first-order chi connectivity index (χ1) is 15.1. The Hall–Kier alpha value is -3.23. The number of carbonyl (C=O) groups excluding carboxylic acids is 1. The molecule has 0 N–H and O–H groups in total. The number of amides is 1. The zero-order valence-corrected chi connectivity index (χ0v) is 17.8. The van der Waals surface area contributed by atoms with Crippen LogP contribution in [0.15, 0.2) is 53.1 Å². The number of ether oxygens (including phenoxy) is 2. The number of methoxy groups -OCH3 is 1. The summed E-state index contributed by atoms with van der Waals surface area (Å²) in [6, 6.07) is 15.2. The minimum atomic E-state index is -0.0898. The van der Waals surface area contributed by atoms with E-state index < -0.39 is 0 Å². The van der Waals surface area contributed by atoms with Crippen molar-refractivity contribution in [3.05, 3.63) is 65.5 Å². The molecule has 0 radical (unpaired) electrons. The highest BCUT2D eigenvalue weighted by Gasteiger charge is 2.17. The second-order valence-corrected chi connectivity index (χ2v) is 7.49. The van der Waals surface area contributed by atoms with Crippen molar-refractivity contribution < 1.29 is 18.8 Å². The topological polar surface area (TPSA) is 80.9 Å². The van der Waals surface area contributed by atoms with Crippen molar-refractivity contribution in [3.8, 4) is 17.1 Å². The second-order valence-electron chi connectivity index (χ2n) is 7.49. The maximum absolute atomic E-state index is 12.9. The Balaban J connectivity index is 1.39. The lowest BCUT2D eigenvalue weighted by molar-refractivity contribution is 0.0341. The summed E-state index contributed by atoms with van der Waals surface area (Å²) in [6.07, 6.45) is 0. The number of aromatic nitrogens is 2. The number of benzene rings is 2. The molecule has 2 aromatic carbocycles. The Morgan fingerprint density at radius 3 is 2.68 bits per heavy atom. The van der Waals surface area contributed by atoms with Crippen LogP contribution in [-0.4, -0.2) is 66.3 Å². The van der Waals surface area contributed by atoms with E-state index in [4.69, 9.17) is 14.0 Å². The lowest BCUT2D eigenvalue weighted by atomic mass is 10.1. The molecule has 1 fully saturated rings. The molecule has 4 rings (SSSR count). The summed E-state index contributed by atoms with van der Waals surface area (Å²) < 4.78 is 15.9. The molecule has 8 heteroatoms. The average molecular weight is 422 g/mol. The zero-order chi connectivity index (χ0) is 21.6. The number of carbonyl (C=O) groups is 1. The summed E-state index contributed by atoms with van der Waals surface area (Å²) >= 11 is 0. The van der Waals surface area contributed by atoms with E-state index in [0.29, 0.717) is 17.3 Å². The summed E-state index contributed by atoms with van der Waals surface area (Å²) in [7, 11) is 3.35. The number of nitrogens with zero attached hydrogens (tertiary/aromatic N) is 4. The molecule has 1 saturated heterocycles. The third kappa shape index (κ3) is 5.28. The van der Waals surface area contributed by atoms with Gasteiger partial charge in [0.1, 0.15) is 5.75 Å². The maximum Gasteiger partial charge on any atom is 0.254 e. The molecule has 2 heterocycles. The molecule has 31 heavy (non-hydrogen) atoms. The molecular formula is C23H26N4O4. The molecule has 1 aromatic heterocycles. The van der Waals surface area contributed by atoms with Crippen LogP contribution in [-0.2, 0) is 17.8 Å². The first kappa shape index (κ1) is 21.0.